The number of esters is 1. The summed E-state index contributed by atoms with van der Waals surface area (Å²) in [6.45, 7) is 4.32. The summed E-state index contributed by atoms with van der Waals surface area (Å²) in [6, 6.07) is 3.79. The van der Waals surface area contributed by atoms with Gasteiger partial charge in [0.05, 0.1) is 17.2 Å². The number of amides is 1. The van der Waals surface area contributed by atoms with E-state index in [0.717, 1.165) is 11.3 Å². The lowest BCUT2D eigenvalue weighted by Gasteiger charge is -2.04. The highest BCUT2D eigenvalue weighted by molar-refractivity contribution is 7.11. The Labute approximate surface area is 153 Å². The topological polar surface area (TPSA) is 77.4 Å². The Kier molecular flexibility index (Phi) is 7.15. The van der Waals surface area contributed by atoms with E-state index in [9.17, 15) is 14.4 Å². The van der Waals surface area contributed by atoms with Crippen LogP contribution in [0, 0.1) is 0 Å². The molecule has 0 aromatic carbocycles. The van der Waals surface area contributed by atoms with Gasteiger partial charge in [-0.15, -0.1) is 22.7 Å². The van der Waals surface area contributed by atoms with Crippen LogP contribution in [0.1, 0.15) is 25.1 Å². The van der Waals surface area contributed by atoms with Gasteiger partial charge in [0.15, 0.2) is 0 Å². The molecule has 0 saturated carbocycles. The first-order chi connectivity index (χ1) is 12.0. The predicted octanol–water partition coefficient (Wildman–Crippen LogP) is 0.670. The first-order valence-corrected chi connectivity index (χ1v) is 9.64. The van der Waals surface area contributed by atoms with Crippen LogP contribution >= 0.6 is 22.7 Å². The van der Waals surface area contributed by atoms with Crippen molar-refractivity contribution >= 4 is 46.7 Å². The fourth-order valence-electron chi connectivity index (χ4n) is 2.04. The molecule has 0 saturated heterocycles. The molecule has 6 nitrogen and oxygen atoms in total. The first kappa shape index (κ1) is 19.1. The van der Waals surface area contributed by atoms with E-state index in [1.54, 1.807) is 13.0 Å². The highest BCUT2D eigenvalue weighted by atomic mass is 32.1. The van der Waals surface area contributed by atoms with Crippen LogP contribution in [0.3, 0.4) is 0 Å². The molecule has 2 rings (SSSR count). The zero-order valence-electron chi connectivity index (χ0n) is 14.1. The zero-order valence-corrected chi connectivity index (χ0v) is 15.7. The average molecular weight is 380 g/mol. The molecule has 0 spiro atoms. The lowest BCUT2D eigenvalue weighted by atomic mass is 10.4. The van der Waals surface area contributed by atoms with Gasteiger partial charge in [-0.1, -0.05) is 13.0 Å². The largest absolute Gasteiger partial charge is 0.463 e. The second kappa shape index (κ2) is 9.33. The number of hydrogen-bond acceptors (Lipinski definition) is 6. The SMILES string of the molecule is CCCNC(=O)Cn1c(=O)/c(=C/c2cccs2)s/c1=C/C(=O)OCC. The Balaban J connectivity index is 2.47. The maximum absolute atomic E-state index is 12.7. The summed E-state index contributed by atoms with van der Waals surface area (Å²) in [5, 5.41) is 4.65. The minimum Gasteiger partial charge on any atom is -0.463 e. The second-order valence-electron chi connectivity index (χ2n) is 5.10. The zero-order chi connectivity index (χ0) is 18.2. The van der Waals surface area contributed by atoms with E-state index in [-0.39, 0.29) is 24.6 Å². The fraction of sp³-hybridized carbons (Fsp3) is 0.353. The highest BCUT2D eigenvalue weighted by Gasteiger charge is 2.10. The summed E-state index contributed by atoms with van der Waals surface area (Å²) in [4.78, 5) is 37.4. The standard InChI is InChI=1S/C17H20N2O4S2/c1-3-7-18-14(20)11-19-15(10-16(21)23-4-2)25-13(17(19)22)9-12-6-5-8-24-12/h5-6,8-10H,3-4,7,11H2,1-2H3,(H,18,20)/b13-9-,15-10+. The van der Waals surface area contributed by atoms with E-state index < -0.39 is 5.97 Å². The van der Waals surface area contributed by atoms with Crippen molar-refractivity contribution in [1.29, 1.82) is 0 Å². The van der Waals surface area contributed by atoms with Gasteiger partial charge in [0.2, 0.25) is 5.91 Å². The molecule has 0 aliphatic rings. The number of nitrogens with one attached hydrogen (secondary N) is 1. The monoisotopic (exact) mass is 380 g/mol. The molecule has 1 amide bonds. The predicted molar refractivity (Wildman–Crippen MR) is 100 cm³/mol. The number of ether oxygens (including phenoxy) is 1. The van der Waals surface area contributed by atoms with Gasteiger partial charge in [-0.2, -0.15) is 0 Å². The van der Waals surface area contributed by atoms with Crippen LogP contribution in [0.4, 0.5) is 0 Å². The molecule has 0 radical (unpaired) electrons. The van der Waals surface area contributed by atoms with Crippen molar-refractivity contribution in [1.82, 2.24) is 9.88 Å². The third-order valence-corrected chi connectivity index (χ3v) is 5.03. The maximum atomic E-state index is 12.7. The summed E-state index contributed by atoms with van der Waals surface area (Å²) < 4.78 is 7.10. The van der Waals surface area contributed by atoms with Crippen molar-refractivity contribution in [2.75, 3.05) is 13.2 Å². The van der Waals surface area contributed by atoms with Gasteiger partial charge in [-0.3, -0.25) is 14.2 Å². The highest BCUT2D eigenvalue weighted by Crippen LogP contribution is 2.08. The van der Waals surface area contributed by atoms with Crippen LogP contribution in [-0.2, 0) is 20.9 Å². The Hall–Kier alpha value is -2.19. The van der Waals surface area contributed by atoms with Crippen molar-refractivity contribution in [2.45, 2.75) is 26.8 Å². The third kappa shape index (κ3) is 5.40. The molecule has 0 unspecified atom stereocenters. The van der Waals surface area contributed by atoms with Crippen LogP contribution in [0.2, 0.25) is 0 Å². The number of thiophene rings is 1. The number of aromatic nitrogens is 1. The van der Waals surface area contributed by atoms with Crippen molar-refractivity contribution in [3.8, 4) is 0 Å². The molecule has 25 heavy (non-hydrogen) atoms. The van der Waals surface area contributed by atoms with Crippen LogP contribution in [0.15, 0.2) is 22.3 Å². The van der Waals surface area contributed by atoms with Crippen molar-refractivity contribution in [3.05, 3.63) is 41.9 Å². The summed E-state index contributed by atoms with van der Waals surface area (Å²) in [7, 11) is 0. The molecule has 2 aromatic rings. The maximum Gasteiger partial charge on any atom is 0.333 e. The summed E-state index contributed by atoms with van der Waals surface area (Å²) in [5.74, 6) is -0.794. The van der Waals surface area contributed by atoms with Crippen molar-refractivity contribution in [2.24, 2.45) is 0 Å². The normalized spacial score (nSPS) is 12.4. The van der Waals surface area contributed by atoms with Crippen LogP contribution in [-0.4, -0.2) is 29.6 Å². The lowest BCUT2D eigenvalue weighted by molar-refractivity contribution is -0.135. The molecule has 2 heterocycles. The Morgan fingerprint density at radius 3 is 2.80 bits per heavy atom. The van der Waals surface area contributed by atoms with Gasteiger partial charge < -0.3 is 10.1 Å². The summed E-state index contributed by atoms with van der Waals surface area (Å²) >= 11 is 2.68. The van der Waals surface area contributed by atoms with E-state index in [0.29, 0.717) is 15.7 Å². The summed E-state index contributed by atoms with van der Waals surface area (Å²) in [5.41, 5.74) is -0.291. The minimum absolute atomic E-state index is 0.126. The van der Waals surface area contributed by atoms with E-state index in [2.05, 4.69) is 5.32 Å². The molecule has 0 aliphatic carbocycles. The minimum atomic E-state index is -0.533. The Bertz CT molecular complexity index is 894. The first-order valence-electron chi connectivity index (χ1n) is 7.95. The number of rotatable bonds is 7. The average Bonchev–Trinajstić information content (AvgIpc) is 3.17. The third-order valence-electron chi connectivity index (χ3n) is 3.15. The van der Waals surface area contributed by atoms with Crippen LogP contribution in [0.25, 0.3) is 12.2 Å². The molecular formula is C17H20N2O4S2. The van der Waals surface area contributed by atoms with Gasteiger partial charge in [-0.25, -0.2) is 4.79 Å². The van der Waals surface area contributed by atoms with Crippen LogP contribution in [0.5, 0.6) is 0 Å². The molecule has 0 atom stereocenters. The van der Waals surface area contributed by atoms with Gasteiger partial charge in [-0.05, 0) is 30.9 Å². The second-order valence-corrected chi connectivity index (χ2v) is 7.14. The summed E-state index contributed by atoms with van der Waals surface area (Å²) in [6.07, 6.45) is 3.83. The van der Waals surface area contributed by atoms with Crippen molar-refractivity contribution in [3.63, 3.8) is 0 Å². The smallest absolute Gasteiger partial charge is 0.333 e. The molecule has 0 bridgehead atoms. The van der Waals surface area contributed by atoms with Gasteiger partial charge in [0.25, 0.3) is 5.56 Å². The number of carbonyl (C=O) groups is 2. The molecule has 0 fully saturated rings. The van der Waals surface area contributed by atoms with Crippen LogP contribution < -0.4 is 20.1 Å². The molecule has 134 valence electrons. The fourth-order valence-corrected chi connectivity index (χ4v) is 3.80. The number of carbonyl (C=O) groups excluding carboxylic acids is 2. The Morgan fingerprint density at radius 2 is 2.16 bits per heavy atom. The van der Waals surface area contributed by atoms with Gasteiger partial charge in [0, 0.05) is 11.4 Å². The molecular weight excluding hydrogens is 360 g/mol. The van der Waals surface area contributed by atoms with Gasteiger partial charge in [0.1, 0.15) is 11.2 Å². The lowest BCUT2D eigenvalue weighted by Crippen LogP contribution is -2.38. The molecule has 1 N–H and O–H groups in total. The quantitative estimate of drug-likeness (QED) is 0.717. The molecule has 0 aliphatic heterocycles. The van der Waals surface area contributed by atoms with E-state index in [1.807, 2.05) is 24.4 Å². The number of thiazole rings is 1. The molecule has 2 aromatic heterocycles. The van der Waals surface area contributed by atoms with E-state index in [1.165, 1.54) is 33.3 Å². The van der Waals surface area contributed by atoms with E-state index >= 15 is 0 Å². The Morgan fingerprint density at radius 1 is 1.36 bits per heavy atom. The number of hydrogen-bond donors (Lipinski definition) is 1. The number of nitrogens with zero attached hydrogens (tertiary/aromatic N) is 1. The molecule has 8 heteroatoms. The van der Waals surface area contributed by atoms with Gasteiger partial charge >= 0.3 is 5.97 Å². The van der Waals surface area contributed by atoms with Crippen molar-refractivity contribution < 1.29 is 14.3 Å². The van der Waals surface area contributed by atoms with E-state index in [4.69, 9.17) is 4.74 Å².